The molecule has 0 aliphatic carbocycles. The van der Waals surface area contributed by atoms with Crippen molar-refractivity contribution >= 4 is 29.2 Å². The molecular weight excluding hydrogens is 382 g/mol. The Morgan fingerprint density at radius 1 is 1.29 bits per heavy atom. The molecule has 1 aromatic carbocycles. The predicted molar refractivity (Wildman–Crippen MR) is 111 cm³/mol. The topological polar surface area (TPSA) is 109 Å². The Labute approximate surface area is 171 Å². The van der Waals surface area contributed by atoms with Gasteiger partial charge in [-0.15, -0.1) is 0 Å². The molecule has 0 aromatic heterocycles. The molecule has 2 rings (SSSR count). The second-order valence-electron chi connectivity index (χ2n) is 6.92. The summed E-state index contributed by atoms with van der Waals surface area (Å²) >= 11 is 6.03. The van der Waals surface area contributed by atoms with Crippen LogP contribution in [0.3, 0.4) is 0 Å². The third kappa shape index (κ3) is 6.45. The maximum atomic E-state index is 12.5. The molecule has 1 aromatic rings. The average molecular weight is 412 g/mol. The van der Waals surface area contributed by atoms with Crippen LogP contribution in [0.2, 0.25) is 5.02 Å². The Balaban J connectivity index is 1.74. The number of anilines is 1. The summed E-state index contributed by atoms with van der Waals surface area (Å²) in [6, 6.07) is 2.96. The van der Waals surface area contributed by atoms with Gasteiger partial charge in [0.05, 0.1) is 23.4 Å². The van der Waals surface area contributed by atoms with E-state index in [0.717, 1.165) is 32.5 Å². The van der Waals surface area contributed by atoms with Crippen molar-refractivity contribution in [3.8, 4) is 5.75 Å². The van der Waals surface area contributed by atoms with E-state index >= 15 is 0 Å². The van der Waals surface area contributed by atoms with Crippen LogP contribution in [0.25, 0.3) is 0 Å². The molecule has 1 unspecified atom stereocenters. The number of likely N-dealkylation sites (tertiary alicyclic amines) is 1. The zero-order chi connectivity index (χ0) is 20.5. The Kier molecular flexibility index (Phi) is 8.66. The van der Waals surface area contributed by atoms with Gasteiger partial charge in [0.15, 0.2) is 0 Å². The number of nitrogen functional groups attached to an aromatic ring is 1. The number of hydrogen-bond acceptors (Lipinski definition) is 5. The highest BCUT2D eigenvalue weighted by atomic mass is 35.5. The van der Waals surface area contributed by atoms with Crippen molar-refractivity contribution in [2.75, 3.05) is 52.1 Å². The molecule has 9 heteroatoms. The lowest BCUT2D eigenvalue weighted by atomic mass is 10.1. The first-order valence-electron chi connectivity index (χ1n) is 9.59. The number of ether oxygens (including phenoxy) is 1. The Bertz CT molecular complexity index is 686. The van der Waals surface area contributed by atoms with Gasteiger partial charge in [-0.2, -0.15) is 0 Å². The van der Waals surface area contributed by atoms with Gasteiger partial charge >= 0.3 is 6.03 Å². The molecule has 156 valence electrons. The van der Waals surface area contributed by atoms with E-state index in [9.17, 15) is 9.59 Å². The number of urea groups is 1. The molecule has 0 saturated carbocycles. The molecule has 1 fully saturated rings. The van der Waals surface area contributed by atoms with Crippen LogP contribution in [0.5, 0.6) is 5.75 Å². The largest absolute Gasteiger partial charge is 0.496 e. The normalized spacial score (nSPS) is 16.6. The number of carbonyl (C=O) groups is 2. The van der Waals surface area contributed by atoms with Crippen molar-refractivity contribution in [3.05, 3.63) is 22.7 Å². The highest BCUT2D eigenvalue weighted by molar-refractivity contribution is 6.33. The maximum absolute atomic E-state index is 12.5. The lowest BCUT2D eigenvalue weighted by Crippen LogP contribution is -2.40. The molecule has 0 spiro atoms. The molecule has 1 aliphatic heterocycles. The number of hydrogen-bond donors (Lipinski definition) is 4. The fourth-order valence-electron chi connectivity index (χ4n) is 3.16. The molecule has 1 heterocycles. The van der Waals surface area contributed by atoms with Crippen molar-refractivity contribution < 1.29 is 14.3 Å². The molecule has 1 aliphatic rings. The monoisotopic (exact) mass is 411 g/mol. The van der Waals surface area contributed by atoms with Gasteiger partial charge in [-0.05, 0) is 31.4 Å². The molecule has 28 heavy (non-hydrogen) atoms. The summed E-state index contributed by atoms with van der Waals surface area (Å²) in [4.78, 5) is 26.3. The number of methoxy groups -OCH3 is 1. The summed E-state index contributed by atoms with van der Waals surface area (Å²) in [5, 5.41) is 8.93. The van der Waals surface area contributed by atoms with Gasteiger partial charge in [-0.3, -0.25) is 4.79 Å². The molecule has 0 bridgehead atoms. The van der Waals surface area contributed by atoms with E-state index in [0.29, 0.717) is 47.6 Å². The van der Waals surface area contributed by atoms with Crippen LogP contribution in [-0.2, 0) is 0 Å². The maximum Gasteiger partial charge on any atom is 0.314 e. The molecule has 1 saturated heterocycles. The van der Waals surface area contributed by atoms with E-state index in [1.807, 2.05) is 6.92 Å². The van der Waals surface area contributed by atoms with Gasteiger partial charge in [0.1, 0.15) is 5.75 Å². The Hall–Kier alpha value is -2.19. The number of amides is 3. The molecule has 5 N–H and O–H groups in total. The summed E-state index contributed by atoms with van der Waals surface area (Å²) in [6.45, 7) is 6.52. The number of nitrogens with zero attached hydrogens (tertiary/aromatic N) is 1. The van der Waals surface area contributed by atoms with Crippen LogP contribution in [0.4, 0.5) is 10.5 Å². The number of carbonyl (C=O) groups excluding carboxylic acids is 2. The molecule has 0 radical (unpaired) electrons. The third-order valence-corrected chi connectivity index (χ3v) is 5.06. The first-order chi connectivity index (χ1) is 13.4. The van der Waals surface area contributed by atoms with Crippen LogP contribution in [0.15, 0.2) is 12.1 Å². The highest BCUT2D eigenvalue weighted by Gasteiger charge is 2.23. The highest BCUT2D eigenvalue weighted by Crippen LogP contribution is 2.28. The van der Waals surface area contributed by atoms with E-state index in [1.54, 1.807) is 6.07 Å². The smallest absolute Gasteiger partial charge is 0.314 e. The van der Waals surface area contributed by atoms with Crippen LogP contribution < -0.4 is 26.4 Å². The first kappa shape index (κ1) is 22.1. The number of nitrogens with one attached hydrogen (secondary N) is 3. The molecule has 3 amide bonds. The minimum absolute atomic E-state index is 0.124. The summed E-state index contributed by atoms with van der Waals surface area (Å²) in [5.74, 6) is 0.541. The number of rotatable bonds is 9. The van der Waals surface area contributed by atoms with Gasteiger partial charge in [0.2, 0.25) is 0 Å². The average Bonchev–Trinajstić information content (AvgIpc) is 3.14. The molecular formula is C19H30ClN5O3. The lowest BCUT2D eigenvalue weighted by molar-refractivity contribution is 0.0944. The van der Waals surface area contributed by atoms with Crippen LogP contribution in [-0.4, -0.2) is 63.2 Å². The zero-order valence-corrected chi connectivity index (χ0v) is 17.3. The number of halogens is 1. The van der Waals surface area contributed by atoms with E-state index in [4.69, 9.17) is 22.1 Å². The standard InChI is InChI=1S/C19H30ClN5O3/c1-3-5-22-19(27)23-6-8-25-7-4-13(12-25)11-24-18(26)14-9-15(20)16(21)10-17(14)28-2/h9-10,13H,3-8,11-12,21H2,1-2H3,(H,24,26)(H2,22,23,27). The van der Waals surface area contributed by atoms with Gasteiger partial charge in [-0.25, -0.2) is 4.79 Å². The first-order valence-corrected chi connectivity index (χ1v) is 9.97. The van der Waals surface area contributed by atoms with Crippen molar-refractivity contribution in [2.45, 2.75) is 19.8 Å². The van der Waals surface area contributed by atoms with Crippen LogP contribution >= 0.6 is 11.6 Å². The van der Waals surface area contributed by atoms with Gasteiger partial charge in [0.25, 0.3) is 5.91 Å². The van der Waals surface area contributed by atoms with E-state index in [2.05, 4.69) is 20.9 Å². The van der Waals surface area contributed by atoms with Crippen LogP contribution in [0, 0.1) is 5.92 Å². The van der Waals surface area contributed by atoms with E-state index in [1.165, 1.54) is 13.2 Å². The van der Waals surface area contributed by atoms with E-state index in [-0.39, 0.29) is 11.9 Å². The van der Waals surface area contributed by atoms with E-state index < -0.39 is 0 Å². The fraction of sp³-hybridized carbons (Fsp3) is 0.579. The minimum atomic E-state index is -0.230. The van der Waals surface area contributed by atoms with Crippen molar-refractivity contribution in [2.24, 2.45) is 5.92 Å². The molecule has 1 atom stereocenters. The fourth-order valence-corrected chi connectivity index (χ4v) is 3.32. The summed E-state index contributed by atoms with van der Waals surface area (Å²) < 4.78 is 5.23. The van der Waals surface area contributed by atoms with Gasteiger partial charge in [-0.1, -0.05) is 18.5 Å². The van der Waals surface area contributed by atoms with Crippen molar-refractivity contribution in [3.63, 3.8) is 0 Å². The van der Waals surface area contributed by atoms with Crippen molar-refractivity contribution in [1.82, 2.24) is 20.9 Å². The summed E-state index contributed by atoms with van der Waals surface area (Å²) in [7, 11) is 1.49. The molecule has 8 nitrogen and oxygen atoms in total. The second kappa shape index (κ2) is 11.0. The Morgan fingerprint density at radius 2 is 2.04 bits per heavy atom. The summed E-state index contributed by atoms with van der Waals surface area (Å²) in [5.41, 5.74) is 6.50. The second-order valence-corrected chi connectivity index (χ2v) is 7.33. The zero-order valence-electron chi connectivity index (χ0n) is 16.5. The number of nitrogens with two attached hydrogens (primary N) is 1. The predicted octanol–water partition coefficient (Wildman–Crippen LogP) is 1.69. The minimum Gasteiger partial charge on any atom is -0.496 e. The van der Waals surface area contributed by atoms with Crippen LogP contribution in [0.1, 0.15) is 30.1 Å². The van der Waals surface area contributed by atoms with Crippen molar-refractivity contribution in [1.29, 1.82) is 0 Å². The van der Waals surface area contributed by atoms with Gasteiger partial charge < -0.3 is 31.3 Å². The number of benzene rings is 1. The summed E-state index contributed by atoms with van der Waals surface area (Å²) in [6.07, 6.45) is 1.92. The van der Waals surface area contributed by atoms with Gasteiger partial charge in [0, 0.05) is 38.8 Å². The quantitative estimate of drug-likeness (QED) is 0.462. The third-order valence-electron chi connectivity index (χ3n) is 4.73. The SMILES string of the molecule is CCCNC(=O)NCCN1CCC(CNC(=O)c2cc(Cl)c(N)cc2OC)C1. The Morgan fingerprint density at radius 3 is 2.75 bits per heavy atom. The lowest BCUT2D eigenvalue weighted by Gasteiger charge is -2.17.